The van der Waals surface area contributed by atoms with E-state index in [0.29, 0.717) is 5.92 Å². The highest BCUT2D eigenvalue weighted by Gasteiger charge is 2.33. The Bertz CT molecular complexity index is 431. The second-order valence-electron chi connectivity index (χ2n) is 10.1. The Balaban J connectivity index is 3.52. The van der Waals surface area contributed by atoms with Crippen LogP contribution in [0.5, 0.6) is 0 Å². The highest BCUT2D eigenvalue weighted by Crippen LogP contribution is 2.31. The third-order valence-corrected chi connectivity index (χ3v) is 6.79. The summed E-state index contributed by atoms with van der Waals surface area (Å²) in [7, 11) is 0. The average molecular weight is 437 g/mol. The van der Waals surface area contributed by atoms with Crippen molar-refractivity contribution >= 4 is 5.91 Å². The Morgan fingerprint density at radius 3 is 1.74 bits per heavy atom. The van der Waals surface area contributed by atoms with Crippen molar-refractivity contribution in [3.05, 3.63) is 12.2 Å². The van der Waals surface area contributed by atoms with Crippen molar-refractivity contribution in [3.8, 4) is 0 Å². The fraction of sp³-hybridized carbons (Fsp3) is 0.893. The first kappa shape index (κ1) is 30.2. The van der Waals surface area contributed by atoms with E-state index in [9.17, 15) is 4.79 Å². The lowest BCUT2D eigenvalue weighted by Crippen LogP contribution is -2.47. The van der Waals surface area contributed by atoms with Gasteiger partial charge in [0.15, 0.2) is 0 Å². The molecule has 0 aliphatic carbocycles. The smallest absolute Gasteiger partial charge is 0.239 e. The van der Waals surface area contributed by atoms with Gasteiger partial charge < -0.3 is 0 Å². The lowest BCUT2D eigenvalue weighted by Gasteiger charge is -2.30. The molecular formula is C28H56N2O. The summed E-state index contributed by atoms with van der Waals surface area (Å²) in [5.41, 5.74) is 5.57. The average Bonchev–Trinajstić information content (AvgIpc) is 2.75. The molecule has 0 spiro atoms. The summed E-state index contributed by atoms with van der Waals surface area (Å²) < 4.78 is 0. The van der Waals surface area contributed by atoms with Crippen LogP contribution in [0.4, 0.5) is 0 Å². The van der Waals surface area contributed by atoms with E-state index in [2.05, 4.69) is 57.6 Å². The molecule has 1 amide bonds. The molecule has 0 aliphatic heterocycles. The van der Waals surface area contributed by atoms with Crippen LogP contribution in [0.3, 0.4) is 0 Å². The molecule has 0 aromatic carbocycles. The third-order valence-electron chi connectivity index (χ3n) is 6.79. The number of allylic oxidation sites excluding steroid dienone is 2. The van der Waals surface area contributed by atoms with E-state index < -0.39 is 0 Å². The lowest BCUT2D eigenvalue weighted by atomic mass is 9.76. The normalized spacial score (nSPS) is 13.1. The predicted octanol–water partition coefficient (Wildman–Crippen LogP) is 8.50. The molecule has 3 heteroatoms. The van der Waals surface area contributed by atoms with Crippen molar-refractivity contribution in [1.82, 2.24) is 10.9 Å². The number of unbranched alkanes of at least 4 members (excludes halogenated alkanes) is 13. The molecule has 0 heterocycles. The van der Waals surface area contributed by atoms with Gasteiger partial charge in [0.2, 0.25) is 5.91 Å². The van der Waals surface area contributed by atoms with Crippen molar-refractivity contribution in [3.63, 3.8) is 0 Å². The summed E-state index contributed by atoms with van der Waals surface area (Å²) in [6.45, 7) is 11.6. The molecule has 0 radical (unpaired) electrons. The van der Waals surface area contributed by atoms with Crippen molar-refractivity contribution in [2.24, 2.45) is 11.3 Å². The minimum Gasteiger partial charge on any atom is -0.291 e. The molecular weight excluding hydrogens is 380 g/mol. The molecule has 31 heavy (non-hydrogen) atoms. The summed E-state index contributed by atoms with van der Waals surface area (Å²) in [4.78, 5) is 12.4. The van der Waals surface area contributed by atoms with E-state index in [-0.39, 0.29) is 11.3 Å². The van der Waals surface area contributed by atoms with Gasteiger partial charge in [-0.05, 0) is 44.4 Å². The molecule has 2 N–H and O–H groups in total. The van der Waals surface area contributed by atoms with Crippen LogP contribution in [-0.2, 0) is 4.79 Å². The molecule has 0 rings (SSSR count). The van der Waals surface area contributed by atoms with E-state index in [4.69, 9.17) is 0 Å². The molecule has 0 aliphatic rings. The van der Waals surface area contributed by atoms with Crippen LogP contribution in [0.1, 0.15) is 144 Å². The molecule has 0 saturated carbocycles. The molecule has 184 valence electrons. The minimum absolute atomic E-state index is 0.120. The summed E-state index contributed by atoms with van der Waals surface area (Å²) in [5, 5.41) is 0. The largest absolute Gasteiger partial charge is 0.291 e. The van der Waals surface area contributed by atoms with Crippen molar-refractivity contribution < 1.29 is 4.79 Å². The first-order chi connectivity index (χ1) is 15.0. The lowest BCUT2D eigenvalue weighted by molar-refractivity contribution is -0.133. The number of amides is 1. The number of hydrazine groups is 1. The van der Waals surface area contributed by atoms with Gasteiger partial charge in [-0.2, -0.15) is 0 Å². The standard InChI is InChI=1S/C28H56N2O/c1-6-8-9-10-11-12-13-14-15-16-17-18-19-20-21-22-23-24-26(3)28(4,5)27(31)30-29-25-7-2/h14-15,26,29H,6-13,16-25H2,1-5H3,(H,30,31). The maximum absolute atomic E-state index is 12.4. The highest BCUT2D eigenvalue weighted by molar-refractivity contribution is 5.81. The van der Waals surface area contributed by atoms with E-state index in [0.717, 1.165) is 19.4 Å². The van der Waals surface area contributed by atoms with Crippen LogP contribution < -0.4 is 10.9 Å². The molecule has 1 atom stereocenters. The quantitative estimate of drug-likeness (QED) is 0.101. The summed E-state index contributed by atoms with van der Waals surface area (Å²) in [5.74, 6) is 0.522. The Hall–Kier alpha value is -0.830. The van der Waals surface area contributed by atoms with Crippen LogP contribution in [0.2, 0.25) is 0 Å². The minimum atomic E-state index is -0.316. The van der Waals surface area contributed by atoms with Gasteiger partial charge in [0.25, 0.3) is 0 Å². The fourth-order valence-corrected chi connectivity index (χ4v) is 3.89. The number of hydrogen-bond acceptors (Lipinski definition) is 2. The number of carbonyl (C=O) groups excluding carboxylic acids is 1. The summed E-state index contributed by atoms with van der Waals surface area (Å²) in [6, 6.07) is 0. The summed E-state index contributed by atoms with van der Waals surface area (Å²) in [6.07, 6.45) is 27.2. The monoisotopic (exact) mass is 436 g/mol. The van der Waals surface area contributed by atoms with Crippen molar-refractivity contribution in [2.45, 2.75) is 144 Å². The van der Waals surface area contributed by atoms with E-state index >= 15 is 0 Å². The first-order valence-electron chi connectivity index (χ1n) is 13.6. The summed E-state index contributed by atoms with van der Waals surface area (Å²) >= 11 is 0. The topological polar surface area (TPSA) is 41.1 Å². The van der Waals surface area contributed by atoms with Crippen molar-refractivity contribution in [2.75, 3.05) is 6.54 Å². The second-order valence-corrected chi connectivity index (χ2v) is 10.1. The predicted molar refractivity (Wildman–Crippen MR) is 138 cm³/mol. The molecule has 3 nitrogen and oxygen atoms in total. The number of rotatable bonds is 22. The van der Waals surface area contributed by atoms with Gasteiger partial charge in [-0.25, -0.2) is 5.43 Å². The van der Waals surface area contributed by atoms with Gasteiger partial charge in [-0.1, -0.05) is 117 Å². The SMILES string of the molecule is CCCCCCCCC=CCCCCCCCCCC(C)C(C)(C)C(=O)NNCCC. The van der Waals surface area contributed by atoms with Gasteiger partial charge in [0.05, 0.1) is 0 Å². The highest BCUT2D eigenvalue weighted by atomic mass is 16.2. The van der Waals surface area contributed by atoms with Crippen LogP contribution in [-0.4, -0.2) is 12.5 Å². The van der Waals surface area contributed by atoms with Gasteiger partial charge in [-0.3, -0.25) is 10.2 Å². The molecule has 0 aromatic heterocycles. The number of nitrogens with one attached hydrogen (secondary N) is 2. The van der Waals surface area contributed by atoms with Crippen LogP contribution in [0.15, 0.2) is 12.2 Å². The zero-order valence-corrected chi connectivity index (χ0v) is 21.9. The van der Waals surface area contributed by atoms with Gasteiger partial charge in [-0.15, -0.1) is 0 Å². The fourth-order valence-electron chi connectivity index (χ4n) is 3.89. The number of carbonyl (C=O) groups is 1. The molecule has 0 fully saturated rings. The van der Waals surface area contributed by atoms with Crippen molar-refractivity contribution in [1.29, 1.82) is 0 Å². The molecule has 0 bridgehead atoms. The molecule has 0 aromatic rings. The number of hydrogen-bond donors (Lipinski definition) is 2. The van der Waals surface area contributed by atoms with Crippen LogP contribution >= 0.6 is 0 Å². The Morgan fingerprint density at radius 2 is 1.23 bits per heavy atom. The van der Waals surface area contributed by atoms with Crippen LogP contribution in [0, 0.1) is 11.3 Å². The Labute approximate surface area is 195 Å². The van der Waals surface area contributed by atoms with Crippen LogP contribution in [0.25, 0.3) is 0 Å². The van der Waals surface area contributed by atoms with Gasteiger partial charge in [0.1, 0.15) is 0 Å². The van der Waals surface area contributed by atoms with E-state index in [1.54, 1.807) is 0 Å². The zero-order chi connectivity index (χ0) is 23.2. The maximum atomic E-state index is 12.4. The molecule has 1 unspecified atom stereocenters. The third kappa shape index (κ3) is 17.4. The molecule has 0 saturated heterocycles. The van der Waals surface area contributed by atoms with E-state index in [1.165, 1.54) is 96.3 Å². The zero-order valence-electron chi connectivity index (χ0n) is 21.9. The second kappa shape index (κ2) is 21.0. The first-order valence-corrected chi connectivity index (χ1v) is 13.6. The Morgan fingerprint density at radius 1 is 0.742 bits per heavy atom. The van der Waals surface area contributed by atoms with Gasteiger partial charge >= 0.3 is 0 Å². The maximum Gasteiger partial charge on any atom is 0.239 e. The van der Waals surface area contributed by atoms with Gasteiger partial charge in [0, 0.05) is 12.0 Å². The van der Waals surface area contributed by atoms with E-state index in [1.807, 2.05) is 0 Å². The Kier molecular flexibility index (Phi) is 20.5.